The third kappa shape index (κ3) is 2.98. The first-order chi connectivity index (χ1) is 8.20. The fraction of sp³-hybridized carbons (Fsp3) is 0.417. The molecule has 0 aromatic heterocycles. The van der Waals surface area contributed by atoms with Gasteiger partial charge in [-0.15, -0.1) is 0 Å². The summed E-state index contributed by atoms with van der Waals surface area (Å²) in [5, 5.41) is 9.22. The highest BCUT2D eigenvalue weighted by Gasteiger charge is 2.24. The second-order valence-electron chi connectivity index (χ2n) is 4.11. The van der Waals surface area contributed by atoms with E-state index < -0.39 is 0 Å². The minimum Gasteiger partial charge on any atom is -0.394 e. The Balaban J connectivity index is 1.95. The molecule has 1 atom stereocenters. The molecule has 1 aromatic rings. The molecule has 0 amide bonds. The summed E-state index contributed by atoms with van der Waals surface area (Å²) in [7, 11) is 0. The molecule has 1 heterocycles. The van der Waals surface area contributed by atoms with Crippen LogP contribution in [-0.4, -0.2) is 41.7 Å². The Labute approximate surface area is 109 Å². The van der Waals surface area contributed by atoms with Gasteiger partial charge >= 0.3 is 0 Å². The Kier molecular flexibility index (Phi) is 4.02. The van der Waals surface area contributed by atoms with Gasteiger partial charge in [0.2, 0.25) is 0 Å². The number of aliphatic hydroxyl groups is 1. The molecule has 0 unspecified atom stereocenters. The van der Waals surface area contributed by atoms with Gasteiger partial charge in [-0.2, -0.15) is 0 Å². The molecule has 0 fully saturated rings. The number of halogens is 1. The van der Waals surface area contributed by atoms with Crippen molar-refractivity contribution in [3.05, 3.63) is 34.3 Å². The van der Waals surface area contributed by atoms with Crippen molar-refractivity contribution in [1.29, 1.82) is 0 Å². The van der Waals surface area contributed by atoms with E-state index in [0.29, 0.717) is 12.5 Å². The molecular weight excluding hydrogens is 282 g/mol. The van der Waals surface area contributed by atoms with Crippen LogP contribution in [0.3, 0.4) is 0 Å². The van der Waals surface area contributed by atoms with Gasteiger partial charge in [-0.3, -0.25) is 4.99 Å². The maximum Gasteiger partial charge on any atom is 0.191 e. The van der Waals surface area contributed by atoms with Crippen molar-refractivity contribution in [3.8, 4) is 0 Å². The summed E-state index contributed by atoms with van der Waals surface area (Å²) in [5.74, 6) is 0.541. The number of rotatable bonds is 4. The standard InChI is InChI=1S/C12H16BrN3O/c13-10-3-1-2-9(6-10)4-5-16-11(8-17)7-15-12(16)14/h1-3,6,11,17H,4-5,7-8H2,(H2,14,15)/t11-/m1/s1. The number of aliphatic hydroxyl groups excluding tert-OH is 1. The predicted molar refractivity (Wildman–Crippen MR) is 71.9 cm³/mol. The number of hydrogen-bond acceptors (Lipinski definition) is 4. The zero-order valence-electron chi connectivity index (χ0n) is 9.51. The molecular formula is C12H16BrN3O. The molecule has 1 aliphatic heterocycles. The van der Waals surface area contributed by atoms with E-state index >= 15 is 0 Å². The van der Waals surface area contributed by atoms with Crippen molar-refractivity contribution >= 4 is 21.9 Å². The maximum atomic E-state index is 9.22. The summed E-state index contributed by atoms with van der Waals surface area (Å²) in [6.07, 6.45) is 0.895. The van der Waals surface area contributed by atoms with Gasteiger partial charge in [-0.05, 0) is 24.1 Å². The van der Waals surface area contributed by atoms with Crippen molar-refractivity contribution in [1.82, 2.24) is 4.90 Å². The summed E-state index contributed by atoms with van der Waals surface area (Å²) in [6, 6.07) is 8.25. The molecule has 0 bridgehead atoms. The lowest BCUT2D eigenvalue weighted by Gasteiger charge is -2.24. The second-order valence-corrected chi connectivity index (χ2v) is 5.02. The van der Waals surface area contributed by atoms with E-state index in [1.54, 1.807) is 0 Å². The minimum atomic E-state index is 0.0437. The molecule has 5 heteroatoms. The van der Waals surface area contributed by atoms with Crippen LogP contribution in [0.4, 0.5) is 0 Å². The number of benzene rings is 1. The van der Waals surface area contributed by atoms with E-state index in [1.807, 2.05) is 17.0 Å². The van der Waals surface area contributed by atoms with Crippen LogP contribution in [-0.2, 0) is 6.42 Å². The number of nitrogens with zero attached hydrogens (tertiary/aromatic N) is 2. The van der Waals surface area contributed by atoms with Crippen LogP contribution < -0.4 is 5.73 Å². The summed E-state index contributed by atoms with van der Waals surface area (Å²) >= 11 is 3.45. The van der Waals surface area contributed by atoms with Crippen molar-refractivity contribution in [2.45, 2.75) is 12.5 Å². The quantitative estimate of drug-likeness (QED) is 0.871. The topological polar surface area (TPSA) is 61.9 Å². The molecule has 92 valence electrons. The lowest BCUT2D eigenvalue weighted by Crippen LogP contribution is -2.43. The zero-order valence-corrected chi connectivity index (χ0v) is 11.1. The van der Waals surface area contributed by atoms with Crippen LogP contribution in [0.1, 0.15) is 5.56 Å². The van der Waals surface area contributed by atoms with Crippen LogP contribution in [0.25, 0.3) is 0 Å². The molecule has 0 radical (unpaired) electrons. The highest BCUT2D eigenvalue weighted by molar-refractivity contribution is 9.10. The van der Waals surface area contributed by atoms with Crippen LogP contribution >= 0.6 is 15.9 Å². The van der Waals surface area contributed by atoms with E-state index in [4.69, 9.17) is 5.73 Å². The van der Waals surface area contributed by atoms with Gasteiger partial charge in [0.05, 0.1) is 19.2 Å². The first-order valence-corrected chi connectivity index (χ1v) is 6.42. The lowest BCUT2D eigenvalue weighted by atomic mass is 10.1. The monoisotopic (exact) mass is 297 g/mol. The van der Waals surface area contributed by atoms with Gasteiger partial charge in [-0.25, -0.2) is 0 Å². The van der Waals surface area contributed by atoms with Gasteiger partial charge in [-0.1, -0.05) is 28.1 Å². The molecule has 2 rings (SSSR count). The number of hydrogen-bond donors (Lipinski definition) is 2. The maximum absolute atomic E-state index is 9.22. The van der Waals surface area contributed by atoms with Crippen LogP contribution in [0, 0.1) is 0 Å². The third-order valence-electron chi connectivity index (χ3n) is 2.94. The van der Waals surface area contributed by atoms with Crippen LogP contribution in [0.15, 0.2) is 33.7 Å². The highest BCUT2D eigenvalue weighted by atomic mass is 79.9. The summed E-state index contributed by atoms with van der Waals surface area (Å²) in [6.45, 7) is 1.49. The summed E-state index contributed by atoms with van der Waals surface area (Å²) < 4.78 is 1.08. The van der Waals surface area contributed by atoms with Gasteiger partial charge in [0, 0.05) is 11.0 Å². The largest absolute Gasteiger partial charge is 0.394 e. The molecule has 1 aromatic carbocycles. The first kappa shape index (κ1) is 12.4. The number of aliphatic imine (C=N–C) groups is 1. The van der Waals surface area contributed by atoms with Gasteiger partial charge in [0.15, 0.2) is 5.96 Å². The first-order valence-electron chi connectivity index (χ1n) is 5.62. The van der Waals surface area contributed by atoms with Gasteiger partial charge in [0.25, 0.3) is 0 Å². The molecule has 0 saturated carbocycles. The van der Waals surface area contributed by atoms with E-state index in [0.717, 1.165) is 17.4 Å². The molecule has 0 spiro atoms. The Morgan fingerprint density at radius 3 is 3.06 bits per heavy atom. The normalized spacial score (nSPS) is 19.5. The third-order valence-corrected chi connectivity index (χ3v) is 3.43. The zero-order chi connectivity index (χ0) is 12.3. The molecule has 0 aliphatic carbocycles. The van der Waals surface area contributed by atoms with Crippen LogP contribution in [0.5, 0.6) is 0 Å². The fourth-order valence-electron chi connectivity index (χ4n) is 1.97. The van der Waals surface area contributed by atoms with Crippen LogP contribution in [0.2, 0.25) is 0 Å². The lowest BCUT2D eigenvalue weighted by molar-refractivity contribution is 0.196. The van der Waals surface area contributed by atoms with E-state index in [2.05, 4.69) is 33.1 Å². The van der Waals surface area contributed by atoms with Gasteiger partial charge < -0.3 is 15.7 Å². The molecule has 4 nitrogen and oxygen atoms in total. The van der Waals surface area contributed by atoms with Crippen molar-refractivity contribution in [3.63, 3.8) is 0 Å². The van der Waals surface area contributed by atoms with Crippen molar-refractivity contribution in [2.24, 2.45) is 10.7 Å². The Hall–Kier alpha value is -1.07. The Morgan fingerprint density at radius 2 is 2.35 bits per heavy atom. The molecule has 17 heavy (non-hydrogen) atoms. The average molecular weight is 298 g/mol. The summed E-state index contributed by atoms with van der Waals surface area (Å²) in [5.41, 5.74) is 7.04. The second kappa shape index (κ2) is 5.51. The number of nitrogens with two attached hydrogens (primary N) is 1. The Morgan fingerprint density at radius 1 is 1.53 bits per heavy atom. The minimum absolute atomic E-state index is 0.0437. The molecule has 0 saturated heterocycles. The van der Waals surface area contributed by atoms with Crippen molar-refractivity contribution in [2.75, 3.05) is 19.7 Å². The Bertz CT molecular complexity index is 422. The highest BCUT2D eigenvalue weighted by Crippen LogP contribution is 2.14. The van der Waals surface area contributed by atoms with Crippen molar-refractivity contribution < 1.29 is 5.11 Å². The molecule has 3 N–H and O–H groups in total. The van der Waals surface area contributed by atoms with E-state index in [9.17, 15) is 5.11 Å². The summed E-state index contributed by atoms with van der Waals surface area (Å²) in [4.78, 5) is 6.12. The average Bonchev–Trinajstić information content (AvgIpc) is 2.67. The van der Waals surface area contributed by atoms with Gasteiger partial charge in [0.1, 0.15) is 0 Å². The number of guanidine groups is 1. The smallest absolute Gasteiger partial charge is 0.191 e. The SMILES string of the molecule is NC1=NC[C@H](CO)N1CCc1cccc(Br)c1. The fourth-order valence-corrected chi connectivity index (χ4v) is 2.42. The van der Waals surface area contributed by atoms with E-state index in [-0.39, 0.29) is 12.6 Å². The predicted octanol–water partition coefficient (Wildman–Crippen LogP) is 0.983. The molecule has 1 aliphatic rings. The van der Waals surface area contributed by atoms with E-state index in [1.165, 1.54) is 5.56 Å².